The molecule has 0 aromatic heterocycles. The number of anilines is 1. The lowest BCUT2D eigenvalue weighted by Gasteiger charge is -2.18. The van der Waals surface area contributed by atoms with Gasteiger partial charge in [-0.2, -0.15) is 0 Å². The highest BCUT2D eigenvalue weighted by Crippen LogP contribution is 2.25. The van der Waals surface area contributed by atoms with Gasteiger partial charge in [0.2, 0.25) is 5.91 Å². The Bertz CT molecular complexity index is 603. The largest absolute Gasteiger partial charge is 0.352 e. The average molecular weight is 342 g/mol. The first-order chi connectivity index (χ1) is 10.6. The van der Waals surface area contributed by atoms with Gasteiger partial charge in [-0.15, -0.1) is 12.4 Å². The molecule has 1 aromatic rings. The molecule has 1 saturated heterocycles. The van der Waals surface area contributed by atoms with Crippen LogP contribution in [0.25, 0.3) is 0 Å². The first-order valence-electron chi connectivity index (χ1n) is 7.77. The van der Waals surface area contributed by atoms with Gasteiger partial charge in [-0.3, -0.25) is 9.59 Å². The van der Waals surface area contributed by atoms with E-state index in [1.54, 1.807) is 6.07 Å². The van der Waals surface area contributed by atoms with E-state index in [4.69, 9.17) is 0 Å². The van der Waals surface area contributed by atoms with Crippen molar-refractivity contribution < 1.29 is 14.0 Å². The van der Waals surface area contributed by atoms with Crippen LogP contribution < -0.4 is 16.0 Å². The molecule has 1 aromatic carbocycles. The fourth-order valence-electron chi connectivity index (χ4n) is 3.03. The van der Waals surface area contributed by atoms with E-state index in [1.165, 1.54) is 12.5 Å². The van der Waals surface area contributed by atoms with Gasteiger partial charge in [0.1, 0.15) is 5.82 Å². The number of nitrogens with one attached hydrogen (secondary N) is 3. The summed E-state index contributed by atoms with van der Waals surface area (Å²) in [4.78, 5) is 23.4. The van der Waals surface area contributed by atoms with E-state index in [2.05, 4.69) is 16.0 Å². The monoisotopic (exact) mass is 341 g/mol. The van der Waals surface area contributed by atoms with Crippen molar-refractivity contribution in [1.82, 2.24) is 10.6 Å². The van der Waals surface area contributed by atoms with E-state index in [0.717, 1.165) is 24.9 Å². The zero-order chi connectivity index (χ0) is 15.5. The zero-order valence-electron chi connectivity index (χ0n) is 12.8. The fraction of sp³-hybridized carbons (Fsp3) is 0.500. The van der Waals surface area contributed by atoms with Crippen LogP contribution in [0, 0.1) is 5.82 Å². The highest BCUT2D eigenvalue weighted by molar-refractivity contribution is 5.98. The minimum absolute atomic E-state index is 0. The lowest BCUT2D eigenvalue weighted by atomic mass is 9.99. The molecule has 7 heteroatoms. The molecule has 2 aliphatic rings. The molecule has 3 rings (SSSR count). The van der Waals surface area contributed by atoms with Crippen molar-refractivity contribution in [3.05, 3.63) is 29.1 Å². The predicted octanol–water partition coefficient (Wildman–Crippen LogP) is 2.00. The van der Waals surface area contributed by atoms with Gasteiger partial charge in [-0.05, 0) is 49.9 Å². The van der Waals surface area contributed by atoms with Crippen LogP contribution in [0.1, 0.15) is 41.6 Å². The molecule has 0 saturated carbocycles. The SMILES string of the molecule is Cl.O=C1CCc2cc(C(=O)NCC[C@H]3CCCN3)c(F)cc2N1. The van der Waals surface area contributed by atoms with Gasteiger partial charge < -0.3 is 16.0 Å². The molecule has 0 bridgehead atoms. The summed E-state index contributed by atoms with van der Waals surface area (Å²) >= 11 is 0. The number of hydrogen-bond acceptors (Lipinski definition) is 3. The van der Waals surface area contributed by atoms with Crippen LogP contribution in [-0.4, -0.2) is 30.9 Å². The lowest BCUT2D eigenvalue weighted by molar-refractivity contribution is -0.116. The van der Waals surface area contributed by atoms with Crippen molar-refractivity contribution in [2.45, 2.75) is 38.1 Å². The Kier molecular flexibility index (Phi) is 5.96. The highest BCUT2D eigenvalue weighted by atomic mass is 35.5. The molecule has 3 N–H and O–H groups in total. The number of rotatable bonds is 4. The number of benzene rings is 1. The van der Waals surface area contributed by atoms with Gasteiger partial charge in [0, 0.05) is 24.7 Å². The molecule has 0 aliphatic carbocycles. The number of carbonyl (C=O) groups excluding carboxylic acids is 2. The van der Waals surface area contributed by atoms with Gasteiger partial charge in [-0.1, -0.05) is 0 Å². The van der Waals surface area contributed by atoms with Crippen molar-refractivity contribution in [2.24, 2.45) is 0 Å². The minimum Gasteiger partial charge on any atom is -0.352 e. The van der Waals surface area contributed by atoms with E-state index in [1.807, 2.05) is 0 Å². The molecule has 2 aliphatic heterocycles. The maximum atomic E-state index is 14.1. The summed E-state index contributed by atoms with van der Waals surface area (Å²) in [5, 5.41) is 8.77. The number of amides is 2. The zero-order valence-corrected chi connectivity index (χ0v) is 13.6. The number of hydrogen-bond donors (Lipinski definition) is 3. The molecule has 0 unspecified atom stereocenters. The van der Waals surface area contributed by atoms with Crippen LogP contribution >= 0.6 is 12.4 Å². The van der Waals surface area contributed by atoms with E-state index in [0.29, 0.717) is 31.1 Å². The van der Waals surface area contributed by atoms with Crippen LogP contribution in [0.2, 0.25) is 0 Å². The molecule has 23 heavy (non-hydrogen) atoms. The number of halogens is 2. The molecule has 0 radical (unpaired) electrons. The summed E-state index contributed by atoms with van der Waals surface area (Å²) < 4.78 is 14.1. The molecule has 1 atom stereocenters. The van der Waals surface area contributed by atoms with Crippen LogP contribution in [0.3, 0.4) is 0 Å². The summed E-state index contributed by atoms with van der Waals surface area (Å²) in [7, 11) is 0. The molecule has 0 spiro atoms. The first kappa shape index (κ1) is 17.7. The topological polar surface area (TPSA) is 70.2 Å². The second kappa shape index (κ2) is 7.75. The van der Waals surface area contributed by atoms with Crippen molar-refractivity contribution in [3.63, 3.8) is 0 Å². The summed E-state index contributed by atoms with van der Waals surface area (Å²) in [6, 6.07) is 3.23. The van der Waals surface area contributed by atoms with E-state index >= 15 is 0 Å². The Balaban J connectivity index is 0.00000192. The second-order valence-electron chi connectivity index (χ2n) is 5.88. The third-order valence-electron chi connectivity index (χ3n) is 4.27. The quantitative estimate of drug-likeness (QED) is 0.784. The van der Waals surface area contributed by atoms with Crippen LogP contribution in [0.4, 0.5) is 10.1 Å². The van der Waals surface area contributed by atoms with Crippen molar-refractivity contribution in [3.8, 4) is 0 Å². The third-order valence-corrected chi connectivity index (χ3v) is 4.27. The summed E-state index contributed by atoms with van der Waals surface area (Å²) in [5.41, 5.74) is 1.33. The predicted molar refractivity (Wildman–Crippen MR) is 88.6 cm³/mol. The summed E-state index contributed by atoms with van der Waals surface area (Å²) in [6.07, 6.45) is 4.06. The van der Waals surface area contributed by atoms with Crippen LogP contribution in [0.5, 0.6) is 0 Å². The Hall–Kier alpha value is -1.66. The smallest absolute Gasteiger partial charge is 0.254 e. The number of carbonyl (C=O) groups is 2. The highest BCUT2D eigenvalue weighted by Gasteiger charge is 2.21. The summed E-state index contributed by atoms with van der Waals surface area (Å²) in [6.45, 7) is 1.56. The standard InChI is InChI=1S/C16H20FN3O2.ClH/c17-13-9-14-10(3-4-15(21)20-14)8-12(13)16(22)19-7-5-11-2-1-6-18-11;/h8-9,11,18H,1-7H2,(H,19,22)(H,20,21);1H/t11-;/m1./s1. The van der Waals surface area contributed by atoms with Gasteiger partial charge >= 0.3 is 0 Å². The van der Waals surface area contributed by atoms with Crippen molar-refractivity contribution in [2.75, 3.05) is 18.4 Å². The average Bonchev–Trinajstić information content (AvgIpc) is 2.99. The van der Waals surface area contributed by atoms with Crippen molar-refractivity contribution >= 4 is 29.9 Å². The van der Waals surface area contributed by atoms with Gasteiger partial charge in [0.15, 0.2) is 0 Å². The molecule has 2 amide bonds. The Morgan fingerprint density at radius 1 is 1.35 bits per heavy atom. The van der Waals surface area contributed by atoms with Crippen LogP contribution in [0.15, 0.2) is 12.1 Å². The number of fused-ring (bicyclic) bond motifs is 1. The van der Waals surface area contributed by atoms with E-state index in [9.17, 15) is 14.0 Å². The normalized spacial score (nSPS) is 19.5. The maximum absolute atomic E-state index is 14.1. The molecule has 2 heterocycles. The van der Waals surface area contributed by atoms with Crippen molar-refractivity contribution in [1.29, 1.82) is 0 Å². The second-order valence-corrected chi connectivity index (χ2v) is 5.88. The molecule has 5 nitrogen and oxygen atoms in total. The Morgan fingerprint density at radius 3 is 2.91 bits per heavy atom. The summed E-state index contributed by atoms with van der Waals surface area (Å²) in [5.74, 6) is -1.11. The third kappa shape index (κ3) is 4.20. The molecular formula is C16H21ClFN3O2. The molecule has 1 fully saturated rings. The molecule has 126 valence electrons. The first-order valence-corrected chi connectivity index (χ1v) is 7.77. The number of aryl methyl sites for hydroxylation is 1. The maximum Gasteiger partial charge on any atom is 0.254 e. The minimum atomic E-state index is -0.600. The Morgan fingerprint density at radius 2 is 2.17 bits per heavy atom. The van der Waals surface area contributed by atoms with Gasteiger partial charge in [0.05, 0.1) is 5.56 Å². The Labute approximate surface area is 140 Å². The van der Waals surface area contributed by atoms with E-state index in [-0.39, 0.29) is 23.9 Å². The van der Waals surface area contributed by atoms with Gasteiger partial charge in [-0.25, -0.2) is 4.39 Å². The lowest BCUT2D eigenvalue weighted by Crippen LogP contribution is -2.31. The fourth-order valence-corrected chi connectivity index (χ4v) is 3.03. The van der Waals surface area contributed by atoms with Gasteiger partial charge in [0.25, 0.3) is 5.91 Å². The molecular weight excluding hydrogens is 321 g/mol. The van der Waals surface area contributed by atoms with E-state index < -0.39 is 11.7 Å². The van der Waals surface area contributed by atoms with Crippen LogP contribution in [-0.2, 0) is 11.2 Å².